The molecule has 1 aromatic rings. The highest BCUT2D eigenvalue weighted by atomic mass is 35.5. The van der Waals surface area contributed by atoms with E-state index in [9.17, 15) is 0 Å². The lowest BCUT2D eigenvalue weighted by atomic mass is 10.0. The minimum atomic E-state index is 0.231. The first-order valence-electron chi connectivity index (χ1n) is 4.74. The van der Waals surface area contributed by atoms with E-state index in [0.717, 1.165) is 23.3 Å². The van der Waals surface area contributed by atoms with Gasteiger partial charge in [-0.25, -0.2) is 5.48 Å². The van der Waals surface area contributed by atoms with Gasteiger partial charge in [-0.1, -0.05) is 18.5 Å². The third-order valence-electron chi connectivity index (χ3n) is 2.44. The highest BCUT2D eigenvalue weighted by molar-refractivity contribution is 6.31. The standard InChI is InChI=1S/C10H12ClNO3/c1-2-6-7(4-12-13)8(11)3-9-10(6)15-5-14-9/h3,12-13H,2,4-5H2,1H3. The van der Waals surface area contributed by atoms with Crippen molar-refractivity contribution in [3.8, 4) is 11.5 Å². The number of nitrogens with one attached hydrogen (secondary N) is 1. The van der Waals surface area contributed by atoms with Crippen molar-refractivity contribution in [2.75, 3.05) is 6.79 Å². The summed E-state index contributed by atoms with van der Waals surface area (Å²) in [7, 11) is 0. The normalized spacial score (nSPS) is 13.3. The maximum absolute atomic E-state index is 8.73. The number of hydrogen-bond donors (Lipinski definition) is 2. The lowest BCUT2D eigenvalue weighted by Gasteiger charge is -2.12. The van der Waals surface area contributed by atoms with Crippen molar-refractivity contribution in [1.82, 2.24) is 5.48 Å². The van der Waals surface area contributed by atoms with E-state index in [-0.39, 0.29) is 6.79 Å². The first kappa shape index (κ1) is 10.5. The SMILES string of the molecule is CCc1c(CNO)c(Cl)cc2c1OCO2. The van der Waals surface area contributed by atoms with Gasteiger partial charge in [0.1, 0.15) is 0 Å². The highest BCUT2D eigenvalue weighted by Crippen LogP contribution is 2.41. The zero-order valence-electron chi connectivity index (χ0n) is 8.34. The maximum atomic E-state index is 8.73. The van der Waals surface area contributed by atoms with Gasteiger partial charge in [0.15, 0.2) is 11.5 Å². The summed E-state index contributed by atoms with van der Waals surface area (Å²) in [4.78, 5) is 0. The van der Waals surface area contributed by atoms with Crippen LogP contribution in [0.4, 0.5) is 0 Å². The number of fused-ring (bicyclic) bond motifs is 1. The van der Waals surface area contributed by atoms with Gasteiger partial charge in [0, 0.05) is 23.2 Å². The molecule has 0 aliphatic carbocycles. The Morgan fingerprint density at radius 1 is 1.47 bits per heavy atom. The molecule has 0 aromatic heterocycles. The van der Waals surface area contributed by atoms with Crippen LogP contribution in [0.25, 0.3) is 0 Å². The van der Waals surface area contributed by atoms with Crippen LogP contribution in [0.15, 0.2) is 6.07 Å². The number of ether oxygens (including phenoxy) is 2. The summed E-state index contributed by atoms with van der Waals surface area (Å²) >= 11 is 6.08. The van der Waals surface area contributed by atoms with Crippen molar-refractivity contribution in [2.45, 2.75) is 19.9 Å². The second kappa shape index (κ2) is 4.26. The molecule has 0 saturated heterocycles. The van der Waals surface area contributed by atoms with Crippen LogP contribution in [0.5, 0.6) is 11.5 Å². The summed E-state index contributed by atoms with van der Waals surface area (Å²) in [6.45, 7) is 2.54. The average molecular weight is 230 g/mol. The highest BCUT2D eigenvalue weighted by Gasteiger charge is 2.22. The summed E-state index contributed by atoms with van der Waals surface area (Å²) in [5, 5.41) is 9.31. The quantitative estimate of drug-likeness (QED) is 0.780. The average Bonchev–Trinajstić information content (AvgIpc) is 2.66. The van der Waals surface area contributed by atoms with E-state index in [1.165, 1.54) is 0 Å². The Hall–Kier alpha value is -0.970. The molecule has 1 aliphatic heterocycles. The topological polar surface area (TPSA) is 50.7 Å². The van der Waals surface area contributed by atoms with E-state index >= 15 is 0 Å². The van der Waals surface area contributed by atoms with Crippen molar-refractivity contribution in [3.63, 3.8) is 0 Å². The summed E-state index contributed by atoms with van der Waals surface area (Å²) in [5.41, 5.74) is 3.95. The van der Waals surface area contributed by atoms with Gasteiger partial charge in [0.25, 0.3) is 0 Å². The first-order chi connectivity index (χ1) is 7.27. The van der Waals surface area contributed by atoms with E-state index in [4.69, 9.17) is 26.3 Å². The van der Waals surface area contributed by atoms with Gasteiger partial charge in [0.2, 0.25) is 6.79 Å². The van der Waals surface area contributed by atoms with Crippen molar-refractivity contribution in [3.05, 3.63) is 22.2 Å². The monoisotopic (exact) mass is 229 g/mol. The number of benzene rings is 1. The Morgan fingerprint density at radius 2 is 2.27 bits per heavy atom. The molecule has 2 N–H and O–H groups in total. The molecule has 15 heavy (non-hydrogen) atoms. The Bertz CT molecular complexity index is 381. The van der Waals surface area contributed by atoms with Crippen LogP contribution in [0.2, 0.25) is 5.02 Å². The molecule has 0 atom stereocenters. The molecule has 2 rings (SSSR count). The van der Waals surface area contributed by atoms with Crippen molar-refractivity contribution < 1.29 is 14.7 Å². The predicted molar refractivity (Wildman–Crippen MR) is 55.6 cm³/mol. The zero-order chi connectivity index (χ0) is 10.8. The molecule has 5 heteroatoms. The fourth-order valence-electron chi connectivity index (χ4n) is 1.76. The molecule has 0 saturated carbocycles. The van der Waals surface area contributed by atoms with E-state index in [1.54, 1.807) is 6.07 Å². The summed E-state index contributed by atoms with van der Waals surface area (Å²) in [5.74, 6) is 1.42. The Morgan fingerprint density at radius 3 is 2.93 bits per heavy atom. The van der Waals surface area contributed by atoms with Crippen LogP contribution in [-0.4, -0.2) is 12.0 Å². The molecule has 4 nitrogen and oxygen atoms in total. The predicted octanol–water partition coefficient (Wildman–Crippen LogP) is 2.11. The molecule has 0 bridgehead atoms. The fourth-order valence-corrected chi connectivity index (χ4v) is 2.04. The van der Waals surface area contributed by atoms with Crippen molar-refractivity contribution in [1.29, 1.82) is 0 Å². The van der Waals surface area contributed by atoms with Gasteiger partial charge in [-0.2, -0.15) is 0 Å². The van der Waals surface area contributed by atoms with Gasteiger partial charge in [-0.15, -0.1) is 0 Å². The molecular weight excluding hydrogens is 218 g/mol. The van der Waals surface area contributed by atoms with Crippen LogP contribution in [-0.2, 0) is 13.0 Å². The molecule has 0 amide bonds. The largest absolute Gasteiger partial charge is 0.454 e. The summed E-state index contributed by atoms with van der Waals surface area (Å²) in [6.07, 6.45) is 0.781. The number of hydroxylamine groups is 1. The van der Waals surface area contributed by atoms with Crippen molar-refractivity contribution >= 4 is 11.6 Å². The van der Waals surface area contributed by atoms with Gasteiger partial charge in [0.05, 0.1) is 0 Å². The smallest absolute Gasteiger partial charge is 0.231 e. The molecule has 0 radical (unpaired) electrons. The van der Waals surface area contributed by atoms with Crippen LogP contribution in [0.3, 0.4) is 0 Å². The minimum absolute atomic E-state index is 0.231. The lowest BCUT2D eigenvalue weighted by Crippen LogP contribution is -2.09. The first-order valence-corrected chi connectivity index (χ1v) is 5.12. The summed E-state index contributed by atoms with van der Waals surface area (Å²) < 4.78 is 10.6. The second-order valence-corrected chi connectivity index (χ2v) is 3.64. The van der Waals surface area contributed by atoms with Crippen LogP contribution in [0, 0.1) is 0 Å². The summed E-state index contributed by atoms with van der Waals surface area (Å²) in [6, 6.07) is 1.72. The Labute approximate surface area is 92.7 Å². The van der Waals surface area contributed by atoms with Crippen LogP contribution < -0.4 is 15.0 Å². The van der Waals surface area contributed by atoms with Gasteiger partial charge in [-0.05, 0) is 12.0 Å². The van der Waals surface area contributed by atoms with Crippen molar-refractivity contribution in [2.24, 2.45) is 0 Å². The van der Waals surface area contributed by atoms with Crippen LogP contribution in [0.1, 0.15) is 18.1 Å². The third kappa shape index (κ3) is 1.76. The molecule has 1 heterocycles. The number of rotatable bonds is 3. The molecule has 82 valence electrons. The van der Waals surface area contributed by atoms with E-state index in [0.29, 0.717) is 17.3 Å². The fraction of sp³-hybridized carbons (Fsp3) is 0.400. The third-order valence-corrected chi connectivity index (χ3v) is 2.77. The molecule has 1 aliphatic rings. The molecule has 1 aromatic carbocycles. The minimum Gasteiger partial charge on any atom is -0.454 e. The lowest BCUT2D eigenvalue weighted by molar-refractivity contribution is 0.160. The molecule has 0 fully saturated rings. The van der Waals surface area contributed by atoms with Gasteiger partial charge >= 0.3 is 0 Å². The molecule has 0 spiro atoms. The number of hydrogen-bond acceptors (Lipinski definition) is 4. The van der Waals surface area contributed by atoms with E-state index < -0.39 is 0 Å². The molecular formula is C10H12ClNO3. The van der Waals surface area contributed by atoms with Crippen LogP contribution >= 0.6 is 11.6 Å². The van der Waals surface area contributed by atoms with Gasteiger partial charge in [-0.3, -0.25) is 0 Å². The second-order valence-electron chi connectivity index (χ2n) is 3.24. The zero-order valence-corrected chi connectivity index (χ0v) is 9.10. The molecule has 0 unspecified atom stereocenters. The number of halogens is 1. The Kier molecular flexibility index (Phi) is 3.00. The van der Waals surface area contributed by atoms with E-state index in [2.05, 4.69) is 5.48 Å². The van der Waals surface area contributed by atoms with Gasteiger partial charge < -0.3 is 14.7 Å². The maximum Gasteiger partial charge on any atom is 0.231 e. The Balaban J connectivity index is 2.53. The van der Waals surface area contributed by atoms with E-state index in [1.807, 2.05) is 6.92 Å².